The Morgan fingerprint density at radius 2 is 0.800 bits per heavy atom. The Bertz CT molecular complexity index is 2910. The van der Waals surface area contributed by atoms with Crippen LogP contribution in [0.5, 0.6) is 0 Å². The number of fused-ring (bicyclic) bond motifs is 4. The third-order valence-corrected chi connectivity index (χ3v) is 10.9. The molecule has 0 spiro atoms. The van der Waals surface area contributed by atoms with E-state index in [4.69, 9.17) is 0 Å². The maximum atomic E-state index is 10.2. The number of rotatable bonds is 6. The molecule has 0 fully saturated rings. The van der Waals surface area contributed by atoms with Crippen LogP contribution in [0.3, 0.4) is 0 Å². The number of hydrogen-bond donors (Lipinski definition) is 0. The van der Waals surface area contributed by atoms with Crippen LogP contribution in [0.25, 0.3) is 77.2 Å². The van der Waals surface area contributed by atoms with E-state index in [1.54, 1.807) is 0 Å². The quantitative estimate of drug-likeness (QED) is 0.174. The summed E-state index contributed by atoms with van der Waals surface area (Å²) in [7, 11) is 0. The van der Waals surface area contributed by atoms with Gasteiger partial charge in [-0.25, -0.2) is 0 Å². The van der Waals surface area contributed by atoms with Crippen LogP contribution in [0.1, 0.15) is 11.1 Å². The van der Waals surface area contributed by atoms with Crippen molar-refractivity contribution in [3.05, 3.63) is 199 Å². The lowest BCUT2D eigenvalue weighted by Gasteiger charge is -2.27. The zero-order chi connectivity index (χ0) is 36.9. The van der Waals surface area contributed by atoms with E-state index in [1.807, 2.05) is 59.5 Å². The second-order valence-electron chi connectivity index (χ2n) is 13.8. The molecule has 3 nitrogen and oxygen atoms in total. The zero-order valence-corrected chi connectivity index (χ0v) is 29.7. The molecule has 9 aromatic carbocycles. The van der Waals surface area contributed by atoms with Crippen LogP contribution in [0.2, 0.25) is 0 Å². The van der Waals surface area contributed by atoms with Crippen LogP contribution < -0.4 is 4.90 Å². The van der Waals surface area contributed by atoms with Crippen molar-refractivity contribution in [1.82, 2.24) is 0 Å². The van der Waals surface area contributed by atoms with Gasteiger partial charge in [0.1, 0.15) is 12.1 Å². The normalized spacial score (nSPS) is 11.2. The molecule has 0 amide bonds. The summed E-state index contributed by atoms with van der Waals surface area (Å²) in [5.74, 6) is 0. The monoisotopic (exact) mass is 697 g/mol. The van der Waals surface area contributed by atoms with E-state index < -0.39 is 0 Å². The minimum absolute atomic E-state index is 0.527. The van der Waals surface area contributed by atoms with Gasteiger partial charge in [0.15, 0.2) is 0 Å². The van der Waals surface area contributed by atoms with E-state index in [-0.39, 0.29) is 0 Å². The molecule has 0 saturated carbocycles. The van der Waals surface area contributed by atoms with E-state index in [0.717, 1.165) is 28.2 Å². The summed E-state index contributed by atoms with van der Waals surface area (Å²) in [6, 6.07) is 70.0. The lowest BCUT2D eigenvalue weighted by Crippen LogP contribution is -2.13. The standard InChI is InChI=1S/C52H31N3/c53-32-37-19-7-11-27-46(37)55(47-28-12-8-20-38(47)33-54)39-22-13-21-36(31-39)40-29-30-45-50-41(40)25-14-26-44(50)51-48(34-15-3-1-4-16-34)42-23-9-10-24-43(42)49(52(45)51)35-17-5-2-6-18-35/h1-31H. The van der Waals surface area contributed by atoms with E-state index in [9.17, 15) is 10.5 Å². The first-order valence-corrected chi connectivity index (χ1v) is 18.4. The summed E-state index contributed by atoms with van der Waals surface area (Å²) >= 11 is 0. The molecule has 0 N–H and O–H groups in total. The summed E-state index contributed by atoms with van der Waals surface area (Å²) in [6.45, 7) is 0. The molecule has 254 valence electrons. The molecule has 1 aliphatic carbocycles. The second kappa shape index (κ2) is 13.0. The molecule has 9 aromatic rings. The Labute approximate surface area is 319 Å². The largest absolute Gasteiger partial charge is 0.308 e. The molecular weight excluding hydrogens is 667 g/mol. The highest BCUT2D eigenvalue weighted by molar-refractivity contribution is 6.28. The third-order valence-electron chi connectivity index (χ3n) is 10.9. The van der Waals surface area contributed by atoms with Gasteiger partial charge >= 0.3 is 0 Å². The zero-order valence-electron chi connectivity index (χ0n) is 29.7. The van der Waals surface area contributed by atoms with Gasteiger partial charge < -0.3 is 4.90 Å². The Balaban J connectivity index is 1.24. The highest BCUT2D eigenvalue weighted by Gasteiger charge is 2.31. The predicted octanol–water partition coefficient (Wildman–Crippen LogP) is 13.9. The Hall–Kier alpha value is -7.72. The number of hydrogen-bond acceptors (Lipinski definition) is 3. The summed E-state index contributed by atoms with van der Waals surface area (Å²) in [4.78, 5) is 2.03. The maximum Gasteiger partial charge on any atom is 0.101 e. The van der Waals surface area contributed by atoms with Crippen molar-refractivity contribution in [3.63, 3.8) is 0 Å². The summed E-state index contributed by atoms with van der Waals surface area (Å²) in [6.07, 6.45) is 0. The average molecular weight is 698 g/mol. The highest BCUT2D eigenvalue weighted by Crippen LogP contribution is 2.58. The molecule has 1 aliphatic rings. The minimum Gasteiger partial charge on any atom is -0.308 e. The fourth-order valence-corrected chi connectivity index (χ4v) is 8.61. The second-order valence-corrected chi connectivity index (χ2v) is 13.8. The predicted molar refractivity (Wildman–Crippen MR) is 226 cm³/mol. The van der Waals surface area contributed by atoms with Crippen LogP contribution in [0, 0.1) is 22.7 Å². The Morgan fingerprint density at radius 3 is 1.38 bits per heavy atom. The van der Waals surface area contributed by atoms with Crippen LogP contribution >= 0.6 is 0 Å². The number of para-hydroxylation sites is 2. The van der Waals surface area contributed by atoms with Gasteiger partial charge in [0.2, 0.25) is 0 Å². The molecule has 0 heterocycles. The number of anilines is 3. The van der Waals surface area contributed by atoms with Crippen molar-refractivity contribution in [2.75, 3.05) is 4.90 Å². The maximum absolute atomic E-state index is 10.2. The summed E-state index contributed by atoms with van der Waals surface area (Å²) in [5.41, 5.74) is 15.4. The highest BCUT2D eigenvalue weighted by atomic mass is 15.1. The van der Waals surface area contributed by atoms with E-state index >= 15 is 0 Å². The molecule has 3 heteroatoms. The first kappa shape index (κ1) is 32.0. The fraction of sp³-hybridized carbons (Fsp3) is 0. The Kier molecular flexibility index (Phi) is 7.58. The smallest absolute Gasteiger partial charge is 0.101 e. The van der Waals surface area contributed by atoms with Crippen molar-refractivity contribution >= 4 is 38.6 Å². The topological polar surface area (TPSA) is 50.8 Å². The van der Waals surface area contributed by atoms with Crippen molar-refractivity contribution in [1.29, 1.82) is 10.5 Å². The SMILES string of the molecule is N#Cc1ccccc1N(c1cccc(-c2ccc3c4c(cccc24)-c2c-3c(-c3ccccc3)c3ccccc3c2-c2ccccc2)c1)c1ccccc1C#N. The van der Waals surface area contributed by atoms with Crippen LogP contribution in [-0.4, -0.2) is 0 Å². The number of nitrogens with zero attached hydrogens (tertiary/aromatic N) is 3. The number of nitriles is 2. The molecule has 0 saturated heterocycles. The van der Waals surface area contributed by atoms with Crippen LogP contribution in [-0.2, 0) is 0 Å². The van der Waals surface area contributed by atoms with Crippen molar-refractivity contribution in [3.8, 4) is 67.8 Å². The third kappa shape index (κ3) is 5.03. The van der Waals surface area contributed by atoms with Gasteiger partial charge in [0, 0.05) is 5.69 Å². The lowest BCUT2D eigenvalue weighted by atomic mass is 9.82. The molecule has 55 heavy (non-hydrogen) atoms. The van der Waals surface area contributed by atoms with Gasteiger partial charge in [-0.3, -0.25) is 0 Å². The summed E-state index contributed by atoms with van der Waals surface area (Å²) < 4.78 is 0. The van der Waals surface area contributed by atoms with Gasteiger partial charge in [0.25, 0.3) is 0 Å². The molecule has 0 bridgehead atoms. The average Bonchev–Trinajstić information content (AvgIpc) is 3.58. The first-order valence-electron chi connectivity index (χ1n) is 18.4. The summed E-state index contributed by atoms with van der Waals surface area (Å²) in [5, 5.41) is 25.2. The van der Waals surface area contributed by atoms with Crippen LogP contribution in [0.15, 0.2) is 188 Å². The molecule has 0 aliphatic heterocycles. The first-order chi connectivity index (χ1) is 27.2. The van der Waals surface area contributed by atoms with Gasteiger partial charge in [-0.1, -0.05) is 152 Å². The van der Waals surface area contributed by atoms with E-state index in [1.165, 1.54) is 66.1 Å². The molecular formula is C52H31N3. The van der Waals surface area contributed by atoms with Gasteiger partial charge in [-0.05, 0) is 114 Å². The molecule has 0 atom stereocenters. The van der Waals surface area contributed by atoms with Gasteiger partial charge in [0.05, 0.1) is 22.5 Å². The molecule has 0 unspecified atom stereocenters. The van der Waals surface area contributed by atoms with Gasteiger partial charge in [-0.15, -0.1) is 0 Å². The van der Waals surface area contributed by atoms with E-state index in [2.05, 4.69) is 146 Å². The number of benzene rings is 9. The van der Waals surface area contributed by atoms with Crippen LogP contribution in [0.4, 0.5) is 17.1 Å². The molecule has 0 radical (unpaired) electrons. The Morgan fingerprint density at radius 1 is 0.345 bits per heavy atom. The molecule has 10 rings (SSSR count). The lowest BCUT2D eigenvalue weighted by molar-refractivity contribution is 1.26. The van der Waals surface area contributed by atoms with E-state index in [0.29, 0.717) is 11.1 Å². The minimum atomic E-state index is 0.527. The van der Waals surface area contributed by atoms with Crippen molar-refractivity contribution < 1.29 is 0 Å². The van der Waals surface area contributed by atoms with Crippen molar-refractivity contribution in [2.24, 2.45) is 0 Å². The molecule has 0 aromatic heterocycles. The van der Waals surface area contributed by atoms with Crippen molar-refractivity contribution in [2.45, 2.75) is 0 Å². The fourth-order valence-electron chi connectivity index (χ4n) is 8.61. The van der Waals surface area contributed by atoms with Gasteiger partial charge in [-0.2, -0.15) is 10.5 Å².